The molecule has 5 heteroatoms. The number of carbonyl (C=O) groups is 1. The topological polar surface area (TPSA) is 64.3 Å². The zero-order valence-corrected chi connectivity index (χ0v) is 8.41. The highest BCUT2D eigenvalue weighted by atomic mass is 35.5. The van der Waals surface area contributed by atoms with E-state index in [1.807, 2.05) is 0 Å². The molecule has 1 aromatic carbocycles. The van der Waals surface area contributed by atoms with E-state index in [-0.39, 0.29) is 0 Å². The van der Waals surface area contributed by atoms with Gasteiger partial charge in [-0.3, -0.25) is 5.84 Å². The largest absolute Gasteiger partial charge is 0.468 e. The number of hydrogen-bond donors (Lipinski definition) is 2. The number of methoxy groups -OCH3 is 1. The van der Waals surface area contributed by atoms with Crippen LogP contribution in [0.15, 0.2) is 24.3 Å². The van der Waals surface area contributed by atoms with Crippen molar-refractivity contribution in [2.45, 2.75) is 6.04 Å². The van der Waals surface area contributed by atoms with Crippen LogP contribution in [0, 0.1) is 0 Å². The van der Waals surface area contributed by atoms with Crippen LogP contribution in [-0.4, -0.2) is 13.1 Å². The second kappa shape index (κ2) is 4.95. The minimum absolute atomic E-state index is 0.472. The van der Waals surface area contributed by atoms with Crippen molar-refractivity contribution in [3.8, 4) is 0 Å². The molecule has 0 saturated carbocycles. The van der Waals surface area contributed by atoms with Gasteiger partial charge in [0.25, 0.3) is 0 Å². The van der Waals surface area contributed by atoms with Gasteiger partial charge in [-0.05, 0) is 6.07 Å². The van der Waals surface area contributed by atoms with Gasteiger partial charge in [-0.1, -0.05) is 29.8 Å². The van der Waals surface area contributed by atoms with Crippen LogP contribution < -0.4 is 11.3 Å². The first kappa shape index (κ1) is 11.0. The third kappa shape index (κ3) is 2.23. The summed E-state index contributed by atoms with van der Waals surface area (Å²) in [5.74, 6) is 4.77. The summed E-state index contributed by atoms with van der Waals surface area (Å²) in [6.07, 6.45) is 0. The average molecular weight is 215 g/mol. The van der Waals surface area contributed by atoms with Gasteiger partial charge in [-0.2, -0.15) is 0 Å². The van der Waals surface area contributed by atoms with Crippen molar-refractivity contribution < 1.29 is 9.53 Å². The number of hydrogen-bond acceptors (Lipinski definition) is 4. The van der Waals surface area contributed by atoms with E-state index in [0.29, 0.717) is 10.6 Å². The second-order valence-corrected chi connectivity index (χ2v) is 3.05. The minimum Gasteiger partial charge on any atom is -0.468 e. The first-order valence-electron chi connectivity index (χ1n) is 3.99. The van der Waals surface area contributed by atoms with Gasteiger partial charge >= 0.3 is 5.97 Å². The molecule has 76 valence electrons. The predicted molar refractivity (Wildman–Crippen MR) is 53.5 cm³/mol. The van der Waals surface area contributed by atoms with Crippen molar-refractivity contribution in [1.82, 2.24) is 5.43 Å². The highest BCUT2D eigenvalue weighted by molar-refractivity contribution is 6.31. The Labute approximate surface area is 87.0 Å². The fourth-order valence-corrected chi connectivity index (χ4v) is 1.36. The molecule has 0 unspecified atom stereocenters. The van der Waals surface area contributed by atoms with Gasteiger partial charge in [-0.25, -0.2) is 10.2 Å². The van der Waals surface area contributed by atoms with Crippen molar-refractivity contribution in [2.24, 2.45) is 5.84 Å². The van der Waals surface area contributed by atoms with Gasteiger partial charge in [0.2, 0.25) is 0 Å². The zero-order valence-electron chi connectivity index (χ0n) is 7.66. The maximum atomic E-state index is 11.3. The molecule has 0 aromatic heterocycles. The van der Waals surface area contributed by atoms with Crippen molar-refractivity contribution in [2.75, 3.05) is 7.11 Å². The highest BCUT2D eigenvalue weighted by Gasteiger charge is 2.21. The summed E-state index contributed by atoms with van der Waals surface area (Å²) in [6.45, 7) is 0. The predicted octanol–water partition coefficient (Wildman–Crippen LogP) is 1.02. The van der Waals surface area contributed by atoms with E-state index in [1.165, 1.54) is 7.11 Å². The Morgan fingerprint density at radius 1 is 1.57 bits per heavy atom. The van der Waals surface area contributed by atoms with E-state index < -0.39 is 12.0 Å². The lowest BCUT2D eigenvalue weighted by atomic mass is 10.1. The number of rotatable bonds is 3. The molecular weight excluding hydrogens is 204 g/mol. The summed E-state index contributed by atoms with van der Waals surface area (Å²) in [5, 5.41) is 0.473. The lowest BCUT2D eigenvalue weighted by Crippen LogP contribution is -2.34. The molecule has 0 spiro atoms. The Bertz CT molecular complexity index is 330. The van der Waals surface area contributed by atoms with Crippen LogP contribution in [0.1, 0.15) is 11.6 Å². The lowest BCUT2D eigenvalue weighted by Gasteiger charge is -2.14. The number of hydrazine groups is 1. The lowest BCUT2D eigenvalue weighted by molar-refractivity contribution is -0.143. The Morgan fingerprint density at radius 3 is 2.71 bits per heavy atom. The van der Waals surface area contributed by atoms with Gasteiger partial charge in [0.15, 0.2) is 0 Å². The molecule has 0 saturated heterocycles. The molecule has 1 atom stereocenters. The summed E-state index contributed by atoms with van der Waals surface area (Å²) in [5.41, 5.74) is 2.95. The monoisotopic (exact) mass is 214 g/mol. The molecule has 1 rings (SSSR count). The molecule has 1 aromatic rings. The van der Waals surface area contributed by atoms with Crippen molar-refractivity contribution in [1.29, 1.82) is 0 Å². The van der Waals surface area contributed by atoms with Crippen LogP contribution in [0.3, 0.4) is 0 Å². The fraction of sp³-hybridized carbons (Fsp3) is 0.222. The summed E-state index contributed by atoms with van der Waals surface area (Å²) in [7, 11) is 1.30. The van der Waals surface area contributed by atoms with E-state index in [2.05, 4.69) is 10.2 Å². The molecule has 0 aliphatic rings. The van der Waals surface area contributed by atoms with E-state index in [0.717, 1.165) is 0 Å². The van der Waals surface area contributed by atoms with Crippen LogP contribution >= 0.6 is 11.6 Å². The van der Waals surface area contributed by atoms with Crippen LogP contribution in [0.2, 0.25) is 5.02 Å². The maximum Gasteiger partial charge on any atom is 0.328 e. The van der Waals surface area contributed by atoms with Gasteiger partial charge in [0.05, 0.1) is 7.11 Å². The molecule has 0 bridgehead atoms. The van der Waals surface area contributed by atoms with E-state index >= 15 is 0 Å². The second-order valence-electron chi connectivity index (χ2n) is 2.64. The standard InChI is InChI=1S/C9H11ClN2O2/c1-14-9(13)8(12-11)6-4-2-3-5-7(6)10/h2-5,8,12H,11H2,1H3/t8-/m0/s1. The number of carbonyl (C=O) groups excluding carboxylic acids is 1. The molecule has 0 amide bonds. The Morgan fingerprint density at radius 2 is 2.21 bits per heavy atom. The van der Waals surface area contributed by atoms with Gasteiger partial charge < -0.3 is 4.74 Å². The molecule has 0 radical (unpaired) electrons. The maximum absolute atomic E-state index is 11.3. The van der Waals surface area contributed by atoms with E-state index in [1.54, 1.807) is 24.3 Å². The van der Waals surface area contributed by atoms with Crippen molar-refractivity contribution >= 4 is 17.6 Å². The molecule has 0 fully saturated rings. The summed E-state index contributed by atoms with van der Waals surface area (Å²) in [4.78, 5) is 11.3. The number of halogens is 1. The Balaban J connectivity index is 3.01. The van der Waals surface area contributed by atoms with Crippen LogP contribution in [0.5, 0.6) is 0 Å². The molecule has 4 nitrogen and oxygen atoms in total. The third-order valence-electron chi connectivity index (χ3n) is 1.82. The summed E-state index contributed by atoms with van der Waals surface area (Å²) in [6, 6.07) is 6.22. The number of nitrogens with two attached hydrogens (primary N) is 1. The normalized spacial score (nSPS) is 12.2. The van der Waals surface area contributed by atoms with Crippen molar-refractivity contribution in [3.05, 3.63) is 34.9 Å². The first-order chi connectivity index (χ1) is 6.70. The smallest absolute Gasteiger partial charge is 0.328 e. The molecule has 14 heavy (non-hydrogen) atoms. The third-order valence-corrected chi connectivity index (χ3v) is 2.16. The molecule has 0 aliphatic heterocycles. The SMILES string of the molecule is COC(=O)[C@@H](NN)c1ccccc1Cl. The molecule has 0 heterocycles. The number of esters is 1. The van der Waals surface area contributed by atoms with Gasteiger partial charge in [-0.15, -0.1) is 0 Å². The average Bonchev–Trinajstić information content (AvgIpc) is 2.21. The fourth-order valence-electron chi connectivity index (χ4n) is 1.11. The van der Waals surface area contributed by atoms with Crippen molar-refractivity contribution in [3.63, 3.8) is 0 Å². The number of nitrogens with one attached hydrogen (secondary N) is 1. The first-order valence-corrected chi connectivity index (χ1v) is 4.37. The Kier molecular flexibility index (Phi) is 3.88. The van der Waals surface area contributed by atoms with Gasteiger partial charge in [0, 0.05) is 10.6 Å². The van der Waals surface area contributed by atoms with E-state index in [4.69, 9.17) is 17.4 Å². The van der Waals surface area contributed by atoms with Crippen LogP contribution in [-0.2, 0) is 9.53 Å². The highest BCUT2D eigenvalue weighted by Crippen LogP contribution is 2.22. The molecule has 3 N–H and O–H groups in total. The zero-order chi connectivity index (χ0) is 10.6. The van der Waals surface area contributed by atoms with Gasteiger partial charge in [0.1, 0.15) is 6.04 Å². The van der Waals surface area contributed by atoms with Crippen LogP contribution in [0.4, 0.5) is 0 Å². The Hall–Kier alpha value is -1.10. The number of ether oxygens (including phenoxy) is 1. The quantitative estimate of drug-likeness (QED) is 0.448. The number of benzene rings is 1. The summed E-state index contributed by atoms with van der Waals surface area (Å²) < 4.78 is 4.57. The van der Waals surface area contributed by atoms with Crippen LogP contribution in [0.25, 0.3) is 0 Å². The molecular formula is C9H11ClN2O2. The minimum atomic E-state index is -0.728. The van der Waals surface area contributed by atoms with E-state index in [9.17, 15) is 4.79 Å². The summed E-state index contributed by atoms with van der Waals surface area (Å²) >= 11 is 5.90. The molecule has 0 aliphatic carbocycles.